The Hall–Kier alpha value is -1.40. The summed E-state index contributed by atoms with van der Waals surface area (Å²) in [4.78, 5) is 27.9. The summed E-state index contributed by atoms with van der Waals surface area (Å²) < 4.78 is 4.92. The molecule has 0 aromatic carbocycles. The summed E-state index contributed by atoms with van der Waals surface area (Å²) in [5, 5.41) is 3.62. The van der Waals surface area contributed by atoms with Crippen LogP contribution in [0.15, 0.2) is 0 Å². The Morgan fingerprint density at radius 2 is 1.96 bits per heavy atom. The van der Waals surface area contributed by atoms with Crippen LogP contribution in [0.4, 0.5) is 5.00 Å². The van der Waals surface area contributed by atoms with E-state index in [9.17, 15) is 9.59 Å². The van der Waals surface area contributed by atoms with Gasteiger partial charge >= 0.3 is 5.97 Å². The lowest BCUT2D eigenvalue weighted by atomic mass is 9.94. The summed E-state index contributed by atoms with van der Waals surface area (Å²) in [6, 6.07) is 0.498. The number of hydrogen-bond acceptors (Lipinski definition) is 5. The molecular formula is C18H26N2O3S. The number of ether oxygens (including phenoxy) is 1. The Labute approximate surface area is 147 Å². The van der Waals surface area contributed by atoms with Crippen LogP contribution in [0.1, 0.15) is 59.3 Å². The fourth-order valence-corrected chi connectivity index (χ4v) is 5.15. The molecule has 0 bridgehead atoms. The van der Waals surface area contributed by atoms with E-state index in [1.807, 2.05) is 7.05 Å². The molecule has 1 aromatic heterocycles. The maximum atomic E-state index is 12.5. The molecule has 0 unspecified atom stereocenters. The van der Waals surface area contributed by atoms with Gasteiger partial charge in [0.1, 0.15) is 5.00 Å². The fraction of sp³-hybridized carbons (Fsp3) is 0.667. The monoisotopic (exact) mass is 350 g/mol. The lowest BCUT2D eigenvalue weighted by molar-refractivity contribution is -0.117. The van der Waals surface area contributed by atoms with Gasteiger partial charge in [-0.2, -0.15) is 0 Å². The largest absolute Gasteiger partial charge is 0.465 e. The number of aryl methyl sites for hydroxylation is 1. The van der Waals surface area contributed by atoms with Crippen LogP contribution in [-0.2, 0) is 22.4 Å². The van der Waals surface area contributed by atoms with Crippen molar-refractivity contribution in [2.45, 2.75) is 57.4 Å². The molecule has 1 heterocycles. The molecule has 5 nitrogen and oxygen atoms in total. The molecule has 0 radical (unpaired) electrons. The summed E-state index contributed by atoms with van der Waals surface area (Å²) in [7, 11) is 3.41. The van der Waals surface area contributed by atoms with Gasteiger partial charge in [0, 0.05) is 10.9 Å². The smallest absolute Gasteiger partial charge is 0.341 e. The molecular weight excluding hydrogens is 324 g/mol. The SMILES string of the molecule is COC(=O)c1c(NC(=O)CN(C)C2CCCCC2)sc2c1CCC2. The van der Waals surface area contributed by atoms with Crippen LogP contribution in [0.2, 0.25) is 0 Å². The lowest BCUT2D eigenvalue weighted by Gasteiger charge is -2.30. The summed E-state index contributed by atoms with van der Waals surface area (Å²) in [5.41, 5.74) is 1.64. The zero-order valence-corrected chi connectivity index (χ0v) is 15.3. The minimum Gasteiger partial charge on any atom is -0.465 e. The first kappa shape index (κ1) is 17.4. The third-order valence-corrected chi connectivity index (χ3v) is 6.36. The van der Waals surface area contributed by atoms with E-state index in [-0.39, 0.29) is 11.9 Å². The number of nitrogens with zero attached hydrogens (tertiary/aromatic N) is 1. The Bertz CT molecular complexity index is 620. The van der Waals surface area contributed by atoms with Gasteiger partial charge in [-0.15, -0.1) is 11.3 Å². The van der Waals surface area contributed by atoms with Gasteiger partial charge in [-0.05, 0) is 44.7 Å². The molecule has 0 aliphatic heterocycles. The standard InChI is InChI=1S/C18H26N2O3S/c1-20(12-7-4-3-5-8-12)11-15(21)19-17-16(18(22)23-2)13-9-6-10-14(13)24-17/h12H,3-11H2,1-2H3,(H,19,21). The van der Waals surface area contributed by atoms with Gasteiger partial charge in [-0.25, -0.2) is 4.79 Å². The maximum Gasteiger partial charge on any atom is 0.341 e. The number of nitrogens with one attached hydrogen (secondary N) is 1. The van der Waals surface area contributed by atoms with E-state index in [1.165, 1.54) is 55.4 Å². The topological polar surface area (TPSA) is 58.6 Å². The quantitative estimate of drug-likeness (QED) is 0.829. The number of methoxy groups -OCH3 is 1. The number of fused-ring (bicyclic) bond motifs is 1. The van der Waals surface area contributed by atoms with E-state index in [0.29, 0.717) is 23.2 Å². The third-order valence-electron chi connectivity index (χ3n) is 5.15. The number of amides is 1. The molecule has 1 N–H and O–H groups in total. The average Bonchev–Trinajstić information content (AvgIpc) is 3.15. The number of likely N-dealkylation sites (N-methyl/N-ethyl adjacent to an activating group) is 1. The van der Waals surface area contributed by atoms with E-state index in [4.69, 9.17) is 4.74 Å². The van der Waals surface area contributed by atoms with Crippen LogP contribution in [0.25, 0.3) is 0 Å². The van der Waals surface area contributed by atoms with E-state index < -0.39 is 0 Å². The van der Waals surface area contributed by atoms with Crippen molar-refractivity contribution in [1.29, 1.82) is 0 Å². The molecule has 1 aromatic rings. The molecule has 0 atom stereocenters. The number of carbonyl (C=O) groups excluding carboxylic acids is 2. The second kappa shape index (κ2) is 7.66. The van der Waals surface area contributed by atoms with E-state index in [1.54, 1.807) is 0 Å². The minimum atomic E-state index is -0.342. The van der Waals surface area contributed by atoms with Crippen molar-refractivity contribution in [2.75, 3.05) is 26.0 Å². The van der Waals surface area contributed by atoms with Crippen LogP contribution in [0.5, 0.6) is 0 Å². The van der Waals surface area contributed by atoms with Crippen molar-refractivity contribution >= 4 is 28.2 Å². The molecule has 132 valence electrons. The van der Waals surface area contributed by atoms with Gasteiger partial charge in [0.25, 0.3) is 0 Å². The summed E-state index contributed by atoms with van der Waals surface area (Å²) in [6.45, 7) is 0.369. The minimum absolute atomic E-state index is 0.0480. The molecule has 0 saturated heterocycles. The highest BCUT2D eigenvalue weighted by Gasteiger charge is 2.28. The first-order valence-electron chi connectivity index (χ1n) is 8.83. The molecule has 1 amide bonds. The zero-order chi connectivity index (χ0) is 17.1. The van der Waals surface area contributed by atoms with Gasteiger partial charge in [0.15, 0.2) is 0 Å². The predicted molar refractivity (Wildman–Crippen MR) is 95.8 cm³/mol. The van der Waals surface area contributed by atoms with Crippen molar-refractivity contribution in [1.82, 2.24) is 4.90 Å². The van der Waals surface area contributed by atoms with Gasteiger partial charge in [0.05, 0.1) is 19.2 Å². The van der Waals surface area contributed by atoms with E-state index in [2.05, 4.69) is 10.2 Å². The van der Waals surface area contributed by atoms with Crippen LogP contribution in [-0.4, -0.2) is 43.5 Å². The van der Waals surface area contributed by atoms with Crippen molar-refractivity contribution in [3.05, 3.63) is 16.0 Å². The van der Waals surface area contributed by atoms with Crippen molar-refractivity contribution in [2.24, 2.45) is 0 Å². The molecule has 1 fully saturated rings. The van der Waals surface area contributed by atoms with E-state index >= 15 is 0 Å². The Morgan fingerprint density at radius 3 is 2.67 bits per heavy atom. The number of esters is 1. The van der Waals surface area contributed by atoms with E-state index in [0.717, 1.165) is 24.8 Å². The number of rotatable bonds is 5. The first-order valence-corrected chi connectivity index (χ1v) is 9.64. The molecule has 2 aliphatic rings. The van der Waals surface area contributed by atoms with Crippen LogP contribution in [0, 0.1) is 0 Å². The number of carbonyl (C=O) groups is 2. The average molecular weight is 350 g/mol. The Kier molecular flexibility index (Phi) is 5.56. The molecule has 3 rings (SSSR count). The van der Waals surface area contributed by atoms with Gasteiger partial charge < -0.3 is 10.1 Å². The summed E-state index contributed by atoms with van der Waals surface area (Å²) in [6.07, 6.45) is 9.11. The zero-order valence-electron chi connectivity index (χ0n) is 14.5. The normalized spacial score (nSPS) is 17.8. The first-order chi connectivity index (χ1) is 11.6. The fourth-order valence-electron chi connectivity index (χ4n) is 3.85. The molecule has 24 heavy (non-hydrogen) atoms. The summed E-state index contributed by atoms with van der Waals surface area (Å²) >= 11 is 1.53. The van der Waals surface area contributed by atoms with Crippen LogP contribution < -0.4 is 5.32 Å². The van der Waals surface area contributed by atoms with Crippen LogP contribution in [0.3, 0.4) is 0 Å². The Balaban J connectivity index is 1.67. The van der Waals surface area contributed by atoms with Crippen molar-refractivity contribution in [3.63, 3.8) is 0 Å². The van der Waals surface area contributed by atoms with Gasteiger partial charge in [-0.3, -0.25) is 9.69 Å². The summed E-state index contributed by atoms with van der Waals surface area (Å²) in [5.74, 6) is -0.390. The lowest BCUT2D eigenvalue weighted by Crippen LogP contribution is -2.39. The molecule has 0 spiro atoms. The second-order valence-electron chi connectivity index (χ2n) is 6.81. The molecule has 2 aliphatic carbocycles. The van der Waals surface area contributed by atoms with Gasteiger partial charge in [0.2, 0.25) is 5.91 Å². The third kappa shape index (κ3) is 3.64. The second-order valence-corrected chi connectivity index (χ2v) is 7.91. The number of thiophene rings is 1. The number of hydrogen-bond donors (Lipinski definition) is 1. The highest BCUT2D eigenvalue weighted by Crippen LogP contribution is 2.39. The molecule has 6 heteroatoms. The Morgan fingerprint density at radius 1 is 1.21 bits per heavy atom. The maximum absolute atomic E-state index is 12.5. The highest BCUT2D eigenvalue weighted by atomic mass is 32.1. The van der Waals surface area contributed by atoms with Crippen LogP contribution >= 0.6 is 11.3 Å². The van der Waals surface area contributed by atoms with Crippen molar-refractivity contribution in [3.8, 4) is 0 Å². The highest BCUT2D eigenvalue weighted by molar-refractivity contribution is 7.17. The number of anilines is 1. The molecule has 1 saturated carbocycles. The van der Waals surface area contributed by atoms with Crippen molar-refractivity contribution < 1.29 is 14.3 Å². The predicted octanol–water partition coefficient (Wildman–Crippen LogP) is 3.23. The van der Waals surface area contributed by atoms with Gasteiger partial charge in [-0.1, -0.05) is 19.3 Å².